The molecule has 0 bridgehead atoms. The van der Waals surface area contributed by atoms with Gasteiger partial charge in [0.1, 0.15) is 0 Å². The van der Waals surface area contributed by atoms with Crippen LogP contribution < -0.4 is 15.2 Å². The Kier molecular flexibility index (Phi) is 6.69. The predicted molar refractivity (Wildman–Crippen MR) is 86.2 cm³/mol. The van der Waals surface area contributed by atoms with Crippen LogP contribution in [0.2, 0.25) is 0 Å². The van der Waals surface area contributed by atoms with Crippen LogP contribution in [-0.2, 0) is 43.9 Å². The topological polar surface area (TPSA) is 137 Å². The number of benzene rings is 1. The van der Waals surface area contributed by atoms with Gasteiger partial charge in [-0.05, 0) is 12.1 Å². The number of H-pyrrole nitrogens is 1. The maximum Gasteiger partial charge on any atom is 0.323 e. The largest absolute Gasteiger partial charge is 0.394 e. The van der Waals surface area contributed by atoms with Gasteiger partial charge >= 0.3 is 10.0 Å². The minimum Gasteiger partial charge on any atom is -0.394 e. The molecule has 1 aromatic carbocycles. The van der Waals surface area contributed by atoms with Gasteiger partial charge in [0.2, 0.25) is 0 Å². The fraction of sp³-hybridized carbons (Fsp3) is 0.214. The van der Waals surface area contributed by atoms with E-state index in [0.717, 1.165) is 0 Å². The Hall–Kier alpha value is -2.02. The van der Waals surface area contributed by atoms with Crippen molar-refractivity contribution in [2.24, 2.45) is 4.40 Å². The van der Waals surface area contributed by atoms with Gasteiger partial charge in [0.15, 0.2) is 13.1 Å². The Labute approximate surface area is 164 Å². The number of aliphatic hydroxyl groups excluding tert-OH is 1. The van der Waals surface area contributed by atoms with Crippen molar-refractivity contribution >= 4 is 27.7 Å². The first kappa shape index (κ1) is 20.3. The smallest absolute Gasteiger partial charge is 0.323 e. The van der Waals surface area contributed by atoms with Crippen LogP contribution in [-0.4, -0.2) is 43.6 Å². The van der Waals surface area contributed by atoms with Crippen LogP contribution in [0, 0.1) is 0 Å². The van der Waals surface area contributed by atoms with Crippen LogP contribution in [0.3, 0.4) is 0 Å². The molecule has 2 aromatic rings. The summed E-state index contributed by atoms with van der Waals surface area (Å²) in [6.45, 7) is -0.0427. The van der Waals surface area contributed by atoms with E-state index in [2.05, 4.69) is 20.0 Å². The monoisotopic (exact) mass is 473 g/mol. The molecule has 1 aromatic heterocycles. The van der Waals surface area contributed by atoms with Crippen molar-refractivity contribution in [2.75, 3.05) is 18.5 Å². The van der Waals surface area contributed by atoms with Gasteiger partial charge in [-0.2, -0.15) is 8.42 Å². The van der Waals surface area contributed by atoms with E-state index in [9.17, 15) is 13.2 Å². The molecule has 3 rings (SSSR count). The summed E-state index contributed by atoms with van der Waals surface area (Å²) in [5.74, 6) is -0.530. The summed E-state index contributed by atoms with van der Waals surface area (Å²) in [6.07, 6.45) is 1.39. The molecule has 0 unspecified atom stereocenters. The Morgan fingerprint density at radius 3 is 2.73 bits per heavy atom. The molecule has 4 N–H and O–H groups in total. The molecule has 143 valence electrons. The van der Waals surface area contributed by atoms with Crippen LogP contribution in [0.4, 0.5) is 5.82 Å². The average Bonchev–Trinajstić information content (AvgIpc) is 2.99. The van der Waals surface area contributed by atoms with E-state index in [4.69, 9.17) is 9.84 Å². The molecule has 0 aliphatic carbocycles. The summed E-state index contributed by atoms with van der Waals surface area (Å²) in [6, 6.07) is 8.34. The standard InChI is InChI=1S/C14H15N5O5S.Ag/c20-6-7-24-9-19-8-15-13-11(19)16-14(18-25(13,22)23)17-12(21)10-4-2-1-3-5-10;/h1-5,8,20H,6-7,9H2,(H2,16,17,18,21);/p+1. The summed E-state index contributed by atoms with van der Waals surface area (Å²) >= 11 is 0. The van der Waals surface area contributed by atoms with E-state index >= 15 is 0 Å². The van der Waals surface area contributed by atoms with Gasteiger partial charge in [0.25, 0.3) is 22.7 Å². The number of imidazole rings is 1. The fourth-order valence-electron chi connectivity index (χ4n) is 2.18. The summed E-state index contributed by atoms with van der Waals surface area (Å²) < 4.78 is 34.7. The predicted octanol–water partition coefficient (Wildman–Crippen LogP) is -0.834. The van der Waals surface area contributed by atoms with E-state index < -0.39 is 15.9 Å². The second-order valence-electron chi connectivity index (χ2n) is 5.04. The number of hydrogen-bond acceptors (Lipinski definition) is 6. The van der Waals surface area contributed by atoms with Crippen molar-refractivity contribution in [3.8, 4) is 0 Å². The first-order valence-electron chi connectivity index (χ1n) is 7.29. The van der Waals surface area contributed by atoms with Gasteiger partial charge in [-0.15, -0.1) is 4.40 Å². The Bertz CT molecular complexity index is 913. The number of aromatic amines is 1. The first-order valence-corrected chi connectivity index (χ1v) is 8.73. The van der Waals surface area contributed by atoms with Crippen LogP contribution >= 0.6 is 0 Å². The maximum atomic E-state index is 12.2. The summed E-state index contributed by atoms with van der Waals surface area (Å²) in [5, 5.41) is 13.8. The third kappa shape index (κ3) is 4.38. The molecule has 1 aliphatic rings. The number of ether oxygens (including phenoxy) is 1. The molecular weight excluding hydrogens is 458 g/mol. The van der Waals surface area contributed by atoms with E-state index in [1.165, 1.54) is 10.9 Å². The van der Waals surface area contributed by atoms with Crippen LogP contribution in [0.25, 0.3) is 0 Å². The number of anilines is 1. The Morgan fingerprint density at radius 1 is 1.31 bits per heavy atom. The van der Waals surface area contributed by atoms with Crippen LogP contribution in [0.1, 0.15) is 10.4 Å². The molecule has 0 fully saturated rings. The second-order valence-corrected chi connectivity index (χ2v) is 6.58. The molecule has 12 heteroatoms. The van der Waals surface area contributed by atoms with Crippen molar-refractivity contribution in [1.82, 2.24) is 10.3 Å². The molecule has 2 heterocycles. The van der Waals surface area contributed by atoms with E-state index in [1.54, 1.807) is 30.3 Å². The minimum atomic E-state index is -4.00. The molecule has 1 aliphatic heterocycles. The number of carbonyl (C=O) groups excluding carboxylic acids is 1. The number of hydrogen-bond donors (Lipinski definition) is 4. The third-order valence-electron chi connectivity index (χ3n) is 3.29. The van der Waals surface area contributed by atoms with Crippen molar-refractivity contribution in [1.29, 1.82) is 0 Å². The molecule has 1 amide bonds. The molecule has 0 saturated heterocycles. The molecule has 10 nitrogen and oxygen atoms in total. The number of carbonyl (C=O) groups is 1. The number of fused-ring (bicyclic) bond motifs is 1. The molecular formula is C14H16AgN5O5S+. The Balaban J connectivity index is 0.00000243. The number of sulfonamides is 1. The number of rotatable bonds is 5. The zero-order valence-corrected chi connectivity index (χ0v) is 15.6. The zero-order chi connectivity index (χ0) is 17.9. The number of aliphatic hydroxyl groups is 1. The number of nitrogens with one attached hydrogen (secondary N) is 3. The van der Waals surface area contributed by atoms with Crippen molar-refractivity contribution < 1.29 is 50.0 Å². The van der Waals surface area contributed by atoms with Gasteiger partial charge in [-0.1, -0.05) is 18.2 Å². The van der Waals surface area contributed by atoms with Gasteiger partial charge < -0.3 is 9.84 Å². The SMILES string of the molecule is O=C(NC1=NS(=O)(=O)c2[nH]c[n+](COCCO)c2N1)c1ccccc1.[Ag]. The number of aromatic nitrogens is 2. The van der Waals surface area contributed by atoms with Crippen LogP contribution in [0.15, 0.2) is 46.1 Å². The number of amides is 1. The van der Waals surface area contributed by atoms with E-state index in [-0.39, 0.29) is 59.1 Å². The summed E-state index contributed by atoms with van der Waals surface area (Å²) in [7, 11) is -4.00. The van der Waals surface area contributed by atoms with E-state index in [1.807, 2.05) is 0 Å². The molecule has 0 atom stereocenters. The normalized spacial score (nSPS) is 14.4. The summed E-state index contributed by atoms with van der Waals surface area (Å²) in [5.41, 5.74) is 0.364. The molecule has 0 saturated carbocycles. The van der Waals surface area contributed by atoms with Crippen LogP contribution in [0.5, 0.6) is 0 Å². The fourth-order valence-corrected chi connectivity index (χ4v) is 3.22. The number of nitrogens with zero attached hydrogens (tertiary/aromatic N) is 2. The minimum absolute atomic E-state index is 0. The van der Waals surface area contributed by atoms with Crippen molar-refractivity contribution in [3.05, 3.63) is 42.2 Å². The third-order valence-corrected chi connectivity index (χ3v) is 4.54. The maximum absolute atomic E-state index is 12.2. The van der Waals surface area contributed by atoms with Gasteiger partial charge in [0, 0.05) is 27.9 Å². The van der Waals surface area contributed by atoms with Crippen molar-refractivity contribution in [2.45, 2.75) is 11.8 Å². The molecule has 26 heavy (non-hydrogen) atoms. The van der Waals surface area contributed by atoms with E-state index in [0.29, 0.717) is 5.56 Å². The molecule has 1 radical (unpaired) electrons. The average molecular weight is 474 g/mol. The first-order chi connectivity index (χ1) is 12.0. The van der Waals surface area contributed by atoms with Crippen molar-refractivity contribution in [3.63, 3.8) is 0 Å². The summed E-state index contributed by atoms with van der Waals surface area (Å²) in [4.78, 5) is 14.8. The van der Waals surface area contributed by atoms with Gasteiger partial charge in [0.05, 0.1) is 13.2 Å². The quantitative estimate of drug-likeness (QED) is 0.254. The number of guanidine groups is 1. The Morgan fingerprint density at radius 2 is 2.04 bits per heavy atom. The zero-order valence-electron chi connectivity index (χ0n) is 13.3. The van der Waals surface area contributed by atoms with Gasteiger partial charge in [-0.3, -0.25) is 15.1 Å². The molecule has 0 spiro atoms. The second kappa shape index (κ2) is 8.58. The van der Waals surface area contributed by atoms with Gasteiger partial charge in [-0.25, -0.2) is 9.88 Å².